The number of rotatable bonds is 5. The van der Waals surface area contributed by atoms with E-state index >= 15 is 0 Å². The molecule has 0 unspecified atom stereocenters. The van der Waals surface area contributed by atoms with E-state index in [1.165, 1.54) is 11.8 Å². The number of hydrogen-bond acceptors (Lipinski definition) is 5. The van der Waals surface area contributed by atoms with Crippen molar-refractivity contribution in [2.75, 3.05) is 0 Å². The Morgan fingerprint density at radius 1 is 1.15 bits per heavy atom. The molecule has 27 heavy (non-hydrogen) atoms. The van der Waals surface area contributed by atoms with Gasteiger partial charge in [-0.1, -0.05) is 42.1 Å². The Morgan fingerprint density at radius 2 is 1.89 bits per heavy atom. The maximum atomic E-state index is 13.0. The topological polar surface area (TPSA) is 71.8 Å². The number of nitrogens with zero attached hydrogens (tertiary/aromatic N) is 2. The Hall–Kier alpha value is -2.38. The van der Waals surface area contributed by atoms with Gasteiger partial charge in [-0.3, -0.25) is 4.79 Å². The fraction of sp³-hybridized carbons (Fsp3) is 0.150. The highest BCUT2D eigenvalue weighted by atomic mass is 79.9. The summed E-state index contributed by atoms with van der Waals surface area (Å²) < 4.78 is 6.64. The number of carbonyl (C=O) groups is 1. The number of Topliss-reactive ketones (excluding diaryl/α,β-unsaturated/α-hetero) is 1. The van der Waals surface area contributed by atoms with Gasteiger partial charge in [0.25, 0.3) is 5.22 Å². The number of benzene rings is 2. The molecular weight excluding hydrogens is 426 g/mol. The first-order valence-corrected chi connectivity index (χ1v) is 10.1. The smallest absolute Gasteiger partial charge is 0.277 e. The molecule has 0 bridgehead atoms. The van der Waals surface area contributed by atoms with Gasteiger partial charge in [0.05, 0.1) is 10.8 Å². The number of para-hydroxylation sites is 1. The summed E-state index contributed by atoms with van der Waals surface area (Å²) in [5, 5.41) is 9.15. The number of thioether (sulfide) groups is 1. The van der Waals surface area contributed by atoms with Crippen molar-refractivity contribution >= 4 is 44.4 Å². The SMILES string of the molecule is Cc1[nH]c2ccccc2c1C(=O)[C@@H](C)Sc1nnc(-c2ccccc2Br)o1. The van der Waals surface area contributed by atoms with E-state index in [4.69, 9.17) is 4.42 Å². The summed E-state index contributed by atoms with van der Waals surface area (Å²) in [5.74, 6) is 0.462. The molecule has 136 valence electrons. The van der Waals surface area contributed by atoms with Gasteiger partial charge in [-0.15, -0.1) is 10.2 Å². The molecule has 7 heteroatoms. The first kappa shape index (κ1) is 18.0. The molecule has 0 aliphatic rings. The molecule has 1 atom stereocenters. The van der Waals surface area contributed by atoms with E-state index in [9.17, 15) is 4.79 Å². The number of ketones is 1. The summed E-state index contributed by atoms with van der Waals surface area (Å²) in [6, 6.07) is 15.5. The zero-order chi connectivity index (χ0) is 19.0. The van der Waals surface area contributed by atoms with E-state index in [1.54, 1.807) is 0 Å². The summed E-state index contributed by atoms with van der Waals surface area (Å²) >= 11 is 4.75. The molecule has 0 amide bonds. The van der Waals surface area contributed by atoms with Crippen molar-refractivity contribution in [1.29, 1.82) is 0 Å². The van der Waals surface area contributed by atoms with Crippen molar-refractivity contribution in [3.63, 3.8) is 0 Å². The molecular formula is C20H16BrN3O2S. The Kier molecular flexibility index (Phi) is 4.88. The minimum atomic E-state index is -0.351. The highest BCUT2D eigenvalue weighted by Gasteiger charge is 2.24. The van der Waals surface area contributed by atoms with Crippen LogP contribution in [0.2, 0.25) is 0 Å². The van der Waals surface area contributed by atoms with Crippen LogP contribution in [0.4, 0.5) is 0 Å². The monoisotopic (exact) mass is 441 g/mol. The first-order chi connectivity index (χ1) is 13.0. The molecule has 0 saturated heterocycles. The molecule has 5 nitrogen and oxygen atoms in total. The van der Waals surface area contributed by atoms with Gasteiger partial charge in [0, 0.05) is 26.6 Å². The van der Waals surface area contributed by atoms with E-state index in [-0.39, 0.29) is 11.0 Å². The van der Waals surface area contributed by atoms with Gasteiger partial charge < -0.3 is 9.40 Å². The fourth-order valence-corrected chi connectivity index (χ4v) is 4.20. The van der Waals surface area contributed by atoms with Crippen LogP contribution in [0.15, 0.2) is 62.6 Å². The molecule has 0 aliphatic heterocycles. The summed E-state index contributed by atoms with van der Waals surface area (Å²) in [6.45, 7) is 3.78. The Balaban J connectivity index is 1.57. The third-order valence-electron chi connectivity index (χ3n) is 4.30. The molecule has 0 radical (unpaired) electrons. The number of halogens is 1. The lowest BCUT2D eigenvalue weighted by atomic mass is 10.1. The Bertz CT molecular complexity index is 1140. The van der Waals surface area contributed by atoms with Gasteiger partial charge in [-0.05, 0) is 48.0 Å². The van der Waals surface area contributed by atoms with Crippen LogP contribution < -0.4 is 0 Å². The van der Waals surface area contributed by atoms with Crippen molar-refractivity contribution in [1.82, 2.24) is 15.2 Å². The number of fused-ring (bicyclic) bond motifs is 1. The molecule has 0 aliphatic carbocycles. The molecule has 0 spiro atoms. The normalized spacial score (nSPS) is 12.4. The van der Waals surface area contributed by atoms with Gasteiger partial charge in [0.2, 0.25) is 5.89 Å². The van der Waals surface area contributed by atoms with Crippen LogP contribution in [0.5, 0.6) is 0 Å². The third kappa shape index (κ3) is 3.44. The van der Waals surface area contributed by atoms with E-state index in [0.29, 0.717) is 11.1 Å². The summed E-state index contributed by atoms with van der Waals surface area (Å²) in [4.78, 5) is 16.3. The van der Waals surface area contributed by atoms with Crippen LogP contribution in [0.1, 0.15) is 23.0 Å². The zero-order valence-corrected chi connectivity index (χ0v) is 17.1. The van der Waals surface area contributed by atoms with Gasteiger partial charge in [0.15, 0.2) is 5.78 Å². The minimum absolute atomic E-state index is 0.0376. The van der Waals surface area contributed by atoms with Crippen molar-refractivity contribution in [2.45, 2.75) is 24.3 Å². The number of H-pyrrole nitrogens is 1. The van der Waals surface area contributed by atoms with Crippen LogP contribution in [0.25, 0.3) is 22.4 Å². The Morgan fingerprint density at radius 3 is 2.70 bits per heavy atom. The van der Waals surface area contributed by atoms with E-state index in [2.05, 4.69) is 31.1 Å². The number of hydrogen-bond donors (Lipinski definition) is 1. The molecule has 0 saturated carbocycles. The van der Waals surface area contributed by atoms with Crippen LogP contribution >= 0.6 is 27.7 Å². The van der Waals surface area contributed by atoms with E-state index in [1.807, 2.05) is 62.4 Å². The fourth-order valence-electron chi connectivity index (χ4n) is 3.00. The summed E-state index contributed by atoms with van der Waals surface area (Å²) in [7, 11) is 0. The maximum Gasteiger partial charge on any atom is 0.277 e. The van der Waals surface area contributed by atoms with Gasteiger partial charge in [0.1, 0.15) is 0 Å². The number of aromatic amines is 1. The van der Waals surface area contributed by atoms with Crippen molar-refractivity contribution in [2.24, 2.45) is 0 Å². The van der Waals surface area contributed by atoms with Crippen LogP contribution in [0.3, 0.4) is 0 Å². The molecule has 1 N–H and O–H groups in total. The van der Waals surface area contributed by atoms with Crippen molar-refractivity contribution in [3.8, 4) is 11.5 Å². The second-order valence-corrected chi connectivity index (χ2v) is 8.29. The summed E-state index contributed by atoms with van der Waals surface area (Å²) in [6.07, 6.45) is 0. The standard InChI is InChI=1S/C20H16BrN3O2S/c1-11-17(14-8-4-6-10-16(14)22-11)18(25)12(2)27-20-24-23-19(26-20)13-7-3-5-9-15(13)21/h3-10,12,22H,1-2H3/t12-/m1/s1. The third-order valence-corrected chi connectivity index (χ3v) is 5.92. The number of aryl methyl sites for hydroxylation is 1. The average Bonchev–Trinajstić information content (AvgIpc) is 3.25. The largest absolute Gasteiger partial charge is 0.411 e. The number of nitrogens with one attached hydrogen (secondary N) is 1. The van der Waals surface area contributed by atoms with Crippen LogP contribution in [-0.4, -0.2) is 26.2 Å². The lowest BCUT2D eigenvalue weighted by Gasteiger charge is -2.07. The quantitative estimate of drug-likeness (QED) is 0.319. The van der Waals surface area contributed by atoms with Gasteiger partial charge in [-0.2, -0.15) is 0 Å². The van der Waals surface area contributed by atoms with Crippen LogP contribution in [-0.2, 0) is 0 Å². The van der Waals surface area contributed by atoms with E-state index in [0.717, 1.165) is 32.2 Å². The minimum Gasteiger partial charge on any atom is -0.411 e. The van der Waals surface area contributed by atoms with Gasteiger partial charge >= 0.3 is 0 Å². The molecule has 2 heterocycles. The lowest BCUT2D eigenvalue weighted by molar-refractivity contribution is 0.0994. The number of carbonyl (C=O) groups excluding carboxylic acids is 1. The predicted octanol–water partition coefficient (Wildman–Crippen LogP) is 5.65. The second-order valence-electron chi connectivity index (χ2n) is 6.15. The molecule has 4 rings (SSSR count). The molecule has 4 aromatic rings. The highest BCUT2D eigenvalue weighted by Crippen LogP contribution is 2.32. The summed E-state index contributed by atoms with van der Waals surface area (Å²) in [5.41, 5.74) is 3.37. The second kappa shape index (κ2) is 7.32. The van der Waals surface area contributed by atoms with Crippen molar-refractivity contribution < 1.29 is 9.21 Å². The van der Waals surface area contributed by atoms with Gasteiger partial charge in [-0.25, -0.2) is 0 Å². The zero-order valence-electron chi connectivity index (χ0n) is 14.7. The first-order valence-electron chi connectivity index (χ1n) is 8.41. The number of aromatic nitrogens is 3. The van der Waals surface area contributed by atoms with E-state index < -0.39 is 0 Å². The average molecular weight is 442 g/mol. The van der Waals surface area contributed by atoms with Crippen LogP contribution in [0, 0.1) is 6.92 Å². The Labute approximate surface area is 168 Å². The highest BCUT2D eigenvalue weighted by molar-refractivity contribution is 9.10. The van der Waals surface area contributed by atoms with Crippen molar-refractivity contribution in [3.05, 3.63) is 64.3 Å². The predicted molar refractivity (Wildman–Crippen MR) is 110 cm³/mol. The maximum absolute atomic E-state index is 13.0. The molecule has 0 fully saturated rings. The molecule has 2 aromatic carbocycles. The lowest BCUT2D eigenvalue weighted by Crippen LogP contribution is -2.14. The molecule has 2 aromatic heterocycles.